The Kier molecular flexibility index (Phi) is 10.1. The molecule has 3 fully saturated rings. The number of hydrogen-bond donors (Lipinski definition) is 2. The van der Waals surface area contributed by atoms with Crippen molar-refractivity contribution in [2.45, 2.75) is 115 Å². The number of hydrogen-bond acceptors (Lipinski definition) is 7. The molecule has 1 aliphatic carbocycles. The van der Waals surface area contributed by atoms with Gasteiger partial charge < -0.3 is 14.9 Å². The molecule has 2 aromatic heterocycles. The third-order valence-electron chi connectivity index (χ3n) is 11.5. The maximum Gasteiger partial charge on any atom is 0.412 e. The van der Waals surface area contributed by atoms with Gasteiger partial charge in [0.1, 0.15) is 6.04 Å². The Hall–Kier alpha value is -4.27. The van der Waals surface area contributed by atoms with E-state index < -0.39 is 35.7 Å². The molecule has 0 spiro atoms. The smallest absolute Gasteiger partial charge is 0.412 e. The van der Waals surface area contributed by atoms with Crippen molar-refractivity contribution in [1.82, 2.24) is 29.1 Å². The summed E-state index contributed by atoms with van der Waals surface area (Å²) in [6.07, 6.45) is 3.04. The standard InChI is InChI=1S/C36H50F2N8O5/c1-21(22-10-12-24(13-11-22)44-20-28(30(40-44)32(37)38)46(35(50)51)36(2,3)4)41(5)23-16-18-43(19-17-23)25-8-7-9-26-31(25)42(6)34(49)45(26)27-14-15-29(47)39-33(27)48/h7-9,20-24,27,32H,10-19H2,1-6H3,(H,50,51)(H,39,47,48). The van der Waals surface area contributed by atoms with E-state index >= 15 is 0 Å². The number of alkyl halides is 2. The number of aryl methyl sites for hydroxylation is 1. The fourth-order valence-corrected chi connectivity index (χ4v) is 8.59. The molecule has 1 aromatic carbocycles. The highest BCUT2D eigenvalue weighted by molar-refractivity contribution is 6.00. The third-order valence-corrected chi connectivity index (χ3v) is 11.5. The van der Waals surface area contributed by atoms with Crippen LogP contribution in [0.15, 0.2) is 29.2 Å². The summed E-state index contributed by atoms with van der Waals surface area (Å²) in [6, 6.07) is 5.67. The number of carbonyl (C=O) groups is 3. The van der Waals surface area contributed by atoms with E-state index in [1.807, 2.05) is 18.2 Å². The molecule has 2 unspecified atom stereocenters. The Morgan fingerprint density at radius 1 is 1.04 bits per heavy atom. The summed E-state index contributed by atoms with van der Waals surface area (Å²) in [7, 11) is 3.91. The van der Waals surface area contributed by atoms with Crippen molar-refractivity contribution in [2.75, 3.05) is 29.9 Å². The molecule has 2 saturated heterocycles. The number of imide groups is 1. The molecule has 2 aliphatic heterocycles. The molecule has 0 bridgehead atoms. The van der Waals surface area contributed by atoms with Crippen LogP contribution in [-0.4, -0.2) is 84.6 Å². The number of nitrogens with zero attached hydrogens (tertiary/aromatic N) is 7. The molecule has 51 heavy (non-hydrogen) atoms. The van der Waals surface area contributed by atoms with Crippen molar-refractivity contribution in [3.8, 4) is 0 Å². The molecule has 2 atom stereocenters. The number of para-hydroxylation sites is 1. The monoisotopic (exact) mass is 712 g/mol. The summed E-state index contributed by atoms with van der Waals surface area (Å²) in [5.41, 5.74) is 0.672. The van der Waals surface area contributed by atoms with Gasteiger partial charge in [0.15, 0.2) is 5.69 Å². The van der Waals surface area contributed by atoms with Crippen LogP contribution >= 0.6 is 0 Å². The maximum absolute atomic E-state index is 14.0. The average Bonchev–Trinajstić information content (AvgIpc) is 3.62. The van der Waals surface area contributed by atoms with Gasteiger partial charge in [-0.1, -0.05) is 6.07 Å². The zero-order valence-electron chi connectivity index (χ0n) is 30.3. The van der Waals surface area contributed by atoms with Crippen LogP contribution in [-0.2, 0) is 16.6 Å². The Morgan fingerprint density at radius 3 is 2.29 bits per heavy atom. The second kappa shape index (κ2) is 14.0. The minimum absolute atomic E-state index is 0.0584. The molecule has 3 aromatic rings. The Balaban J connectivity index is 1.09. The van der Waals surface area contributed by atoms with Crippen molar-refractivity contribution in [3.05, 3.63) is 40.6 Å². The highest BCUT2D eigenvalue weighted by Gasteiger charge is 2.37. The summed E-state index contributed by atoms with van der Waals surface area (Å²) in [6.45, 7) is 8.90. The highest BCUT2D eigenvalue weighted by Crippen LogP contribution is 2.40. The third kappa shape index (κ3) is 6.88. The van der Waals surface area contributed by atoms with Crippen LogP contribution in [0.25, 0.3) is 11.0 Å². The van der Waals surface area contributed by atoms with Crippen LogP contribution in [0.4, 0.5) is 25.0 Å². The molecule has 2 N–H and O–H groups in total. The molecule has 13 nitrogen and oxygen atoms in total. The number of rotatable bonds is 8. The van der Waals surface area contributed by atoms with Crippen LogP contribution in [0.2, 0.25) is 0 Å². The van der Waals surface area contributed by atoms with E-state index in [1.54, 1.807) is 37.1 Å². The van der Waals surface area contributed by atoms with E-state index in [-0.39, 0.29) is 36.2 Å². The number of benzene rings is 1. The SMILES string of the molecule is CC(C1CCC(n2cc(N(C(=O)O)C(C)(C)C)c(C(F)F)n2)CC1)N(C)C1CCN(c2cccc3c2n(C)c(=O)n3C2CCC(=O)NC2=O)CC1. The normalized spacial score (nSPS) is 22.9. The van der Waals surface area contributed by atoms with Crippen LogP contribution in [0.3, 0.4) is 0 Å². The number of carbonyl (C=O) groups excluding carboxylic acids is 2. The van der Waals surface area contributed by atoms with Crippen LogP contribution < -0.4 is 20.8 Å². The Labute approximate surface area is 296 Å². The highest BCUT2D eigenvalue weighted by atomic mass is 19.3. The number of carboxylic acid groups (broad SMARTS) is 1. The molecule has 6 rings (SSSR count). The zero-order chi connectivity index (χ0) is 36.9. The van der Waals surface area contributed by atoms with Gasteiger partial charge in [0.25, 0.3) is 6.43 Å². The Morgan fingerprint density at radius 2 is 1.71 bits per heavy atom. The predicted octanol–water partition coefficient (Wildman–Crippen LogP) is 5.46. The fourth-order valence-electron chi connectivity index (χ4n) is 8.59. The lowest BCUT2D eigenvalue weighted by atomic mass is 9.81. The lowest BCUT2D eigenvalue weighted by molar-refractivity contribution is -0.135. The summed E-state index contributed by atoms with van der Waals surface area (Å²) in [5.74, 6) is -0.340. The average molecular weight is 713 g/mol. The first-order valence-electron chi connectivity index (χ1n) is 18.0. The van der Waals surface area contributed by atoms with Crippen LogP contribution in [0.1, 0.15) is 103 Å². The summed E-state index contributed by atoms with van der Waals surface area (Å²) in [4.78, 5) is 55.7. The fraction of sp³-hybridized carbons (Fsp3) is 0.639. The molecule has 3 amide bonds. The first-order chi connectivity index (χ1) is 24.1. The lowest BCUT2D eigenvalue weighted by Crippen LogP contribution is -2.49. The number of halogens is 2. The van der Waals surface area contributed by atoms with Crippen LogP contribution in [0, 0.1) is 5.92 Å². The minimum Gasteiger partial charge on any atom is -0.465 e. The van der Waals surface area contributed by atoms with Crippen molar-refractivity contribution in [2.24, 2.45) is 13.0 Å². The number of fused-ring (bicyclic) bond motifs is 1. The van der Waals surface area contributed by atoms with E-state index in [4.69, 9.17) is 0 Å². The predicted molar refractivity (Wildman–Crippen MR) is 189 cm³/mol. The first-order valence-corrected chi connectivity index (χ1v) is 18.0. The molecule has 3 aliphatic rings. The van der Waals surface area contributed by atoms with Gasteiger partial charge in [-0.2, -0.15) is 5.10 Å². The zero-order valence-corrected chi connectivity index (χ0v) is 30.3. The largest absolute Gasteiger partial charge is 0.465 e. The molecule has 278 valence electrons. The number of nitrogens with one attached hydrogen (secondary N) is 1. The van der Waals surface area contributed by atoms with Gasteiger partial charge in [0, 0.05) is 50.4 Å². The number of amides is 3. The second-order valence-corrected chi connectivity index (χ2v) is 15.5. The van der Waals surface area contributed by atoms with Crippen molar-refractivity contribution >= 4 is 40.3 Å². The van der Waals surface area contributed by atoms with Gasteiger partial charge in [-0.15, -0.1) is 0 Å². The molecule has 4 heterocycles. The van der Waals surface area contributed by atoms with E-state index in [9.17, 15) is 33.1 Å². The maximum atomic E-state index is 14.0. The number of anilines is 2. The summed E-state index contributed by atoms with van der Waals surface area (Å²) >= 11 is 0. The molecular weight excluding hydrogens is 662 g/mol. The summed E-state index contributed by atoms with van der Waals surface area (Å²) < 4.78 is 32.8. The van der Waals surface area contributed by atoms with E-state index in [1.165, 1.54) is 10.8 Å². The van der Waals surface area contributed by atoms with Gasteiger partial charge in [-0.25, -0.2) is 18.4 Å². The first kappa shape index (κ1) is 36.5. The van der Waals surface area contributed by atoms with Crippen molar-refractivity contribution in [3.63, 3.8) is 0 Å². The van der Waals surface area contributed by atoms with Gasteiger partial charge in [-0.3, -0.25) is 33.6 Å². The Bertz CT molecular complexity index is 1850. The van der Waals surface area contributed by atoms with Gasteiger partial charge >= 0.3 is 11.8 Å². The minimum atomic E-state index is -2.89. The van der Waals surface area contributed by atoms with Gasteiger partial charge in [-0.05, 0) is 97.7 Å². The molecule has 0 radical (unpaired) electrons. The molecule has 1 saturated carbocycles. The van der Waals surface area contributed by atoms with Crippen molar-refractivity contribution in [1.29, 1.82) is 0 Å². The van der Waals surface area contributed by atoms with E-state index in [0.717, 1.165) is 67.7 Å². The van der Waals surface area contributed by atoms with Gasteiger partial charge in [0.2, 0.25) is 11.8 Å². The molecular formula is C36H50F2N8O5. The lowest BCUT2D eigenvalue weighted by Gasteiger charge is -2.43. The van der Waals surface area contributed by atoms with E-state index in [0.29, 0.717) is 23.5 Å². The van der Waals surface area contributed by atoms with E-state index in [2.05, 4.69) is 34.2 Å². The number of piperidine rings is 2. The number of imidazole rings is 1. The molecule has 15 heteroatoms. The van der Waals surface area contributed by atoms with Crippen molar-refractivity contribution < 1.29 is 28.3 Å². The van der Waals surface area contributed by atoms with Crippen LogP contribution in [0.5, 0.6) is 0 Å². The van der Waals surface area contributed by atoms with Gasteiger partial charge in [0.05, 0.1) is 28.5 Å². The summed E-state index contributed by atoms with van der Waals surface area (Å²) in [5, 5.41) is 16.4. The topological polar surface area (TPSA) is 138 Å². The quantitative estimate of drug-likeness (QED) is 0.294. The second-order valence-electron chi connectivity index (χ2n) is 15.5. The number of aromatic nitrogens is 4.